The number of rotatable bonds is 17. The molecule has 4 heterocycles. The quantitative estimate of drug-likeness (QED) is 0.0476. The predicted molar refractivity (Wildman–Crippen MR) is 205 cm³/mol. The normalized spacial score (nSPS) is 40.0. The van der Waals surface area contributed by atoms with Crippen LogP contribution in [-0.2, 0) is 61.9 Å². The van der Waals surface area contributed by atoms with Gasteiger partial charge in [0, 0.05) is 38.4 Å². The van der Waals surface area contributed by atoms with Crippen molar-refractivity contribution in [3.8, 4) is 0 Å². The van der Waals surface area contributed by atoms with Gasteiger partial charge in [0.15, 0.2) is 31.1 Å². The van der Waals surface area contributed by atoms with E-state index in [0.29, 0.717) is 0 Å². The fraction of sp³-hybridized carbons (Fsp3) is 0.784. The molecule has 27 heteroatoms. The molecule has 27 nitrogen and oxygen atoms in total. The number of amides is 4. The van der Waals surface area contributed by atoms with E-state index >= 15 is 0 Å². The van der Waals surface area contributed by atoms with Crippen LogP contribution in [-0.4, -0.2) is 224 Å². The number of carbonyl (C=O) groups excluding carboxylic acids is 4. The average molecular weight is 927 g/mol. The maximum atomic E-state index is 12.8. The fourth-order valence-electron chi connectivity index (χ4n) is 7.46. The summed E-state index contributed by atoms with van der Waals surface area (Å²) < 4.78 is 45.3. The first-order chi connectivity index (χ1) is 30.0. The molecule has 20 atom stereocenters. The van der Waals surface area contributed by atoms with Gasteiger partial charge in [-0.25, -0.2) is 14.4 Å². The summed E-state index contributed by atoms with van der Waals surface area (Å²) in [4.78, 5) is 73.8. The summed E-state index contributed by atoms with van der Waals surface area (Å²) in [6.45, 7) is 8.02. The van der Waals surface area contributed by atoms with Crippen LogP contribution in [0.5, 0.6) is 0 Å². The molecule has 0 aromatic heterocycles. The molecular formula is C37H58N4O23. The molecule has 0 spiro atoms. The Hall–Kier alpha value is -4.20. The molecule has 0 saturated carbocycles. The van der Waals surface area contributed by atoms with Gasteiger partial charge < -0.3 is 105 Å². The van der Waals surface area contributed by atoms with Gasteiger partial charge in [0.1, 0.15) is 73.7 Å². The first-order valence-electron chi connectivity index (χ1n) is 20.1. The van der Waals surface area contributed by atoms with E-state index < -0.39 is 171 Å². The molecule has 0 aliphatic carbocycles. The van der Waals surface area contributed by atoms with Gasteiger partial charge in [-0.05, 0) is 13.8 Å². The summed E-state index contributed by atoms with van der Waals surface area (Å²) in [5, 5.41) is 107. The third-order valence-electron chi connectivity index (χ3n) is 10.8. The van der Waals surface area contributed by atoms with Gasteiger partial charge in [0.05, 0.1) is 24.9 Å². The number of carboxylic acids is 2. The number of ether oxygens (including phenoxy) is 8. The number of aliphatic hydroxyl groups is 7. The second kappa shape index (κ2) is 22.8. The molecule has 10 unspecified atom stereocenters. The summed E-state index contributed by atoms with van der Waals surface area (Å²) in [7, 11) is 0. The summed E-state index contributed by atoms with van der Waals surface area (Å²) in [6, 6.07) is -2.98. The Bertz CT molecular complexity index is 1680. The van der Waals surface area contributed by atoms with Crippen LogP contribution in [0.15, 0.2) is 12.2 Å². The van der Waals surface area contributed by atoms with E-state index in [1.165, 1.54) is 20.8 Å². The van der Waals surface area contributed by atoms with E-state index in [2.05, 4.69) is 27.8 Å². The molecule has 13 N–H and O–H groups in total. The topological polar surface area (TPSA) is 406 Å². The molecule has 4 aliphatic heterocycles. The van der Waals surface area contributed by atoms with E-state index in [0.717, 1.165) is 13.8 Å². The zero-order chi connectivity index (χ0) is 47.9. The number of hydrogen-bond donors (Lipinski definition) is 13. The van der Waals surface area contributed by atoms with Gasteiger partial charge in [0.2, 0.25) is 17.7 Å². The lowest BCUT2D eigenvalue weighted by Crippen LogP contribution is -2.70. The Morgan fingerprint density at radius 2 is 1.09 bits per heavy atom. The van der Waals surface area contributed by atoms with Gasteiger partial charge in [-0.1, -0.05) is 13.5 Å². The zero-order valence-corrected chi connectivity index (χ0v) is 35.3. The minimum Gasteiger partial charge on any atom is -0.479 e. The molecule has 364 valence electrons. The lowest BCUT2D eigenvalue weighted by Gasteiger charge is -2.50. The maximum absolute atomic E-state index is 12.8. The highest BCUT2D eigenvalue weighted by Gasteiger charge is 2.57. The van der Waals surface area contributed by atoms with Crippen LogP contribution >= 0.6 is 0 Å². The van der Waals surface area contributed by atoms with Crippen molar-refractivity contribution in [1.82, 2.24) is 21.3 Å². The highest BCUT2D eigenvalue weighted by atomic mass is 16.8. The molecular weight excluding hydrogens is 868 g/mol. The van der Waals surface area contributed by atoms with E-state index in [4.69, 9.17) is 37.9 Å². The summed E-state index contributed by atoms with van der Waals surface area (Å²) >= 11 is 0. The van der Waals surface area contributed by atoms with Crippen molar-refractivity contribution in [1.29, 1.82) is 0 Å². The van der Waals surface area contributed by atoms with Gasteiger partial charge in [-0.2, -0.15) is 0 Å². The standard InChI is InChI=1S/C37H58N4O23/c1-11(2)31(51)38-7-8-39-37(56)57-10-17-22(47)28(62-35-24(49)20(45)12(3)26(60-35)32(52)53)19(41-15(6)44)34(59-17)63-29-23(48)25(50)36(64-30(29)33(54)55)61-27-18(40-14(5)43)13(4)58-16(9-42)21(27)46/h12-13,16-30,34-36,42,45-50H,1,7-10H2,2-6H3,(H,38,51)(H,39,56)(H,40,43)(H,41,44)(H,52,53)(H,54,55)/t12?,13?,16?,17?,18?,19?,20-,21+,22+,23+,24?,25?,26?,27+,28+,29-,30?,34-,35-,36+/m0/s1. The summed E-state index contributed by atoms with van der Waals surface area (Å²) in [5.74, 6) is -6.56. The van der Waals surface area contributed by atoms with Crippen LogP contribution in [0.2, 0.25) is 0 Å². The Kier molecular flexibility index (Phi) is 18.7. The number of aliphatic carboxylic acids is 2. The number of hydrogen-bond acceptors (Lipinski definition) is 21. The van der Waals surface area contributed by atoms with Gasteiger partial charge in [0.25, 0.3) is 0 Å². The second-order valence-electron chi connectivity index (χ2n) is 15.8. The van der Waals surface area contributed by atoms with Crippen molar-refractivity contribution in [3.63, 3.8) is 0 Å². The van der Waals surface area contributed by atoms with Crippen molar-refractivity contribution < 1.29 is 113 Å². The monoisotopic (exact) mass is 926 g/mol. The van der Waals surface area contributed by atoms with Crippen molar-refractivity contribution in [2.75, 3.05) is 26.3 Å². The van der Waals surface area contributed by atoms with Crippen LogP contribution in [0.3, 0.4) is 0 Å². The SMILES string of the molecule is C=C(C)C(=O)NCCNC(=O)OCC1O[C@@H](O[C@@H]2C(C(=O)O)O[C@@H](O[C@@H]3C(NC(C)=O)C(C)OC(CO)[C@H]3O)C(O)[C@H]2O)C(NC(C)=O)[C@@H](O[C@@H]2OC(C(=O)O)C(C)[C@H](O)C2O)[C@@H]1O. The molecule has 4 aliphatic rings. The first-order valence-corrected chi connectivity index (χ1v) is 20.1. The molecule has 0 radical (unpaired) electrons. The number of aliphatic hydroxyl groups excluding tert-OH is 7. The number of carbonyl (C=O) groups is 6. The second-order valence-corrected chi connectivity index (χ2v) is 15.8. The molecule has 4 amide bonds. The van der Waals surface area contributed by atoms with Crippen molar-refractivity contribution in [3.05, 3.63) is 12.2 Å². The molecule has 64 heavy (non-hydrogen) atoms. The molecule has 0 bridgehead atoms. The Morgan fingerprint density at radius 1 is 0.594 bits per heavy atom. The smallest absolute Gasteiger partial charge is 0.407 e. The Morgan fingerprint density at radius 3 is 1.64 bits per heavy atom. The highest BCUT2D eigenvalue weighted by Crippen LogP contribution is 2.35. The minimum atomic E-state index is -2.29. The average Bonchev–Trinajstić information content (AvgIpc) is 3.22. The van der Waals surface area contributed by atoms with Crippen molar-refractivity contribution >= 4 is 35.8 Å². The van der Waals surface area contributed by atoms with Crippen LogP contribution in [0.1, 0.15) is 34.6 Å². The van der Waals surface area contributed by atoms with Gasteiger partial charge >= 0.3 is 18.0 Å². The Labute approximate surface area is 364 Å². The van der Waals surface area contributed by atoms with E-state index in [1.54, 1.807) is 0 Å². The van der Waals surface area contributed by atoms with Crippen molar-refractivity contribution in [2.24, 2.45) is 5.92 Å². The van der Waals surface area contributed by atoms with E-state index in [-0.39, 0.29) is 18.7 Å². The summed E-state index contributed by atoms with van der Waals surface area (Å²) in [6.07, 6.45) is -33.0. The van der Waals surface area contributed by atoms with Gasteiger partial charge in [-0.3, -0.25) is 14.4 Å². The highest BCUT2D eigenvalue weighted by molar-refractivity contribution is 5.92. The molecule has 0 aromatic rings. The number of carboxylic acid groups (broad SMARTS) is 2. The molecule has 4 rings (SSSR count). The van der Waals surface area contributed by atoms with Crippen LogP contribution in [0.4, 0.5) is 4.79 Å². The predicted octanol–water partition coefficient (Wildman–Crippen LogP) is -6.51. The third kappa shape index (κ3) is 12.6. The molecule has 0 aromatic carbocycles. The lowest BCUT2D eigenvalue weighted by atomic mass is 9.90. The Balaban J connectivity index is 1.65. The number of nitrogens with one attached hydrogen (secondary N) is 4. The first kappa shape index (κ1) is 52.4. The molecule has 4 saturated heterocycles. The minimum absolute atomic E-state index is 0.0544. The van der Waals surface area contributed by atoms with Gasteiger partial charge in [-0.15, -0.1) is 0 Å². The number of alkyl carbamates (subject to hydrolysis) is 1. The van der Waals surface area contributed by atoms with Crippen LogP contribution in [0.25, 0.3) is 0 Å². The largest absolute Gasteiger partial charge is 0.479 e. The maximum Gasteiger partial charge on any atom is 0.407 e. The van der Waals surface area contributed by atoms with E-state index in [1.807, 2.05) is 0 Å². The summed E-state index contributed by atoms with van der Waals surface area (Å²) in [5.41, 5.74) is 0.202. The van der Waals surface area contributed by atoms with Crippen molar-refractivity contribution in [2.45, 2.75) is 151 Å². The van der Waals surface area contributed by atoms with Crippen LogP contribution in [0, 0.1) is 5.92 Å². The zero-order valence-electron chi connectivity index (χ0n) is 35.3. The van der Waals surface area contributed by atoms with E-state index in [9.17, 15) is 74.7 Å². The van der Waals surface area contributed by atoms with Crippen LogP contribution < -0.4 is 21.3 Å². The fourth-order valence-corrected chi connectivity index (χ4v) is 7.46. The lowest BCUT2D eigenvalue weighted by molar-refractivity contribution is -0.365. The molecule has 4 fully saturated rings. The third-order valence-corrected chi connectivity index (χ3v) is 10.8.